The van der Waals surface area contributed by atoms with Crippen LogP contribution < -0.4 is 5.32 Å². The summed E-state index contributed by atoms with van der Waals surface area (Å²) >= 11 is 5.88. The molecule has 5 heteroatoms. The van der Waals surface area contributed by atoms with Gasteiger partial charge in [0.2, 0.25) is 5.91 Å². The van der Waals surface area contributed by atoms with Gasteiger partial charge in [0.15, 0.2) is 0 Å². The maximum absolute atomic E-state index is 12.6. The minimum atomic E-state index is -0.190. The van der Waals surface area contributed by atoms with Crippen molar-refractivity contribution in [2.75, 3.05) is 18.4 Å². The van der Waals surface area contributed by atoms with E-state index in [1.54, 1.807) is 29.2 Å². The fraction of sp³-hybridized carbons (Fsp3) is 0.300. The Hall–Kier alpha value is -2.33. The van der Waals surface area contributed by atoms with E-state index in [-0.39, 0.29) is 17.7 Å². The number of para-hydroxylation sites is 1. The van der Waals surface area contributed by atoms with Crippen molar-refractivity contribution in [2.24, 2.45) is 5.92 Å². The number of carbonyl (C=O) groups is 2. The summed E-state index contributed by atoms with van der Waals surface area (Å²) in [4.78, 5) is 27.0. The molecule has 25 heavy (non-hydrogen) atoms. The number of likely N-dealkylation sites (tertiary alicyclic amines) is 1. The van der Waals surface area contributed by atoms with Crippen molar-refractivity contribution in [1.29, 1.82) is 0 Å². The van der Waals surface area contributed by atoms with Gasteiger partial charge in [-0.3, -0.25) is 9.59 Å². The van der Waals surface area contributed by atoms with Gasteiger partial charge in [-0.2, -0.15) is 0 Å². The van der Waals surface area contributed by atoms with Gasteiger partial charge in [0.05, 0.1) is 5.92 Å². The molecule has 0 aliphatic carbocycles. The average Bonchev–Trinajstić information content (AvgIpc) is 2.64. The lowest BCUT2D eigenvalue weighted by atomic mass is 9.96. The second-order valence-corrected chi connectivity index (χ2v) is 6.84. The number of rotatable bonds is 3. The molecule has 0 unspecified atom stereocenters. The Morgan fingerprint density at radius 2 is 1.84 bits per heavy atom. The number of carbonyl (C=O) groups excluding carboxylic acids is 2. The number of hydrogen-bond acceptors (Lipinski definition) is 2. The second-order valence-electron chi connectivity index (χ2n) is 6.40. The van der Waals surface area contributed by atoms with E-state index in [0.29, 0.717) is 23.7 Å². The number of nitrogens with zero attached hydrogens (tertiary/aromatic N) is 1. The lowest BCUT2D eigenvalue weighted by molar-refractivity contribution is -0.121. The molecule has 1 aliphatic heterocycles. The average molecular weight is 357 g/mol. The maximum atomic E-state index is 12.6. The van der Waals surface area contributed by atoms with Gasteiger partial charge in [0.1, 0.15) is 0 Å². The predicted octanol–water partition coefficient (Wildman–Crippen LogP) is 4.14. The van der Waals surface area contributed by atoms with E-state index >= 15 is 0 Å². The monoisotopic (exact) mass is 356 g/mol. The fourth-order valence-corrected chi connectivity index (χ4v) is 3.22. The van der Waals surface area contributed by atoms with E-state index in [1.807, 2.05) is 31.2 Å². The van der Waals surface area contributed by atoms with Crippen molar-refractivity contribution in [1.82, 2.24) is 4.90 Å². The van der Waals surface area contributed by atoms with Crippen LogP contribution in [-0.4, -0.2) is 29.8 Å². The van der Waals surface area contributed by atoms with Crippen LogP contribution in [0, 0.1) is 12.8 Å². The number of aryl methyl sites for hydroxylation is 1. The number of amides is 2. The molecule has 2 aromatic carbocycles. The predicted molar refractivity (Wildman–Crippen MR) is 99.9 cm³/mol. The minimum absolute atomic E-state index is 0.0251. The molecule has 1 fully saturated rings. The highest BCUT2D eigenvalue weighted by atomic mass is 35.5. The number of hydrogen-bond donors (Lipinski definition) is 1. The normalized spacial score (nSPS) is 17.2. The highest BCUT2D eigenvalue weighted by molar-refractivity contribution is 6.30. The fourth-order valence-electron chi connectivity index (χ4n) is 3.10. The summed E-state index contributed by atoms with van der Waals surface area (Å²) < 4.78 is 0. The highest BCUT2D eigenvalue weighted by Crippen LogP contribution is 2.22. The van der Waals surface area contributed by atoms with Crippen molar-refractivity contribution in [3.8, 4) is 0 Å². The molecule has 0 bridgehead atoms. The quantitative estimate of drug-likeness (QED) is 0.898. The maximum Gasteiger partial charge on any atom is 0.253 e. The van der Waals surface area contributed by atoms with Crippen molar-refractivity contribution in [3.63, 3.8) is 0 Å². The van der Waals surface area contributed by atoms with Gasteiger partial charge in [-0.25, -0.2) is 0 Å². The van der Waals surface area contributed by atoms with E-state index in [9.17, 15) is 9.59 Å². The third-order valence-corrected chi connectivity index (χ3v) is 4.83. The zero-order valence-corrected chi connectivity index (χ0v) is 14.9. The summed E-state index contributed by atoms with van der Waals surface area (Å²) in [6, 6.07) is 14.6. The molecule has 3 rings (SSSR count). The van der Waals surface area contributed by atoms with Crippen molar-refractivity contribution < 1.29 is 9.59 Å². The molecular weight excluding hydrogens is 336 g/mol. The molecule has 2 amide bonds. The van der Waals surface area contributed by atoms with Crippen LogP contribution in [0.5, 0.6) is 0 Å². The first-order valence-corrected chi connectivity index (χ1v) is 8.84. The minimum Gasteiger partial charge on any atom is -0.338 e. The molecule has 0 saturated carbocycles. The van der Waals surface area contributed by atoms with Gasteiger partial charge in [0, 0.05) is 29.4 Å². The molecule has 4 nitrogen and oxygen atoms in total. The Kier molecular flexibility index (Phi) is 5.39. The topological polar surface area (TPSA) is 49.4 Å². The Bertz CT molecular complexity index is 774. The van der Waals surface area contributed by atoms with Crippen LogP contribution in [0.15, 0.2) is 48.5 Å². The molecule has 1 N–H and O–H groups in total. The van der Waals surface area contributed by atoms with Gasteiger partial charge in [-0.1, -0.05) is 29.8 Å². The molecule has 1 atom stereocenters. The summed E-state index contributed by atoms with van der Waals surface area (Å²) in [6.07, 6.45) is 1.62. The molecule has 2 aromatic rings. The van der Waals surface area contributed by atoms with Crippen LogP contribution in [0.3, 0.4) is 0 Å². The third kappa shape index (κ3) is 4.20. The SMILES string of the molecule is Cc1ccccc1NC(=O)[C@@H]1CCCN(C(=O)c2ccc(Cl)cc2)C1. The largest absolute Gasteiger partial charge is 0.338 e. The van der Waals surface area contributed by atoms with E-state index in [2.05, 4.69) is 5.32 Å². The molecule has 0 aromatic heterocycles. The highest BCUT2D eigenvalue weighted by Gasteiger charge is 2.29. The van der Waals surface area contributed by atoms with E-state index in [0.717, 1.165) is 24.1 Å². The molecule has 0 radical (unpaired) electrons. The van der Waals surface area contributed by atoms with Gasteiger partial charge in [0.25, 0.3) is 5.91 Å². The van der Waals surface area contributed by atoms with Gasteiger partial charge in [-0.05, 0) is 55.7 Å². The van der Waals surface area contributed by atoms with Crippen LogP contribution >= 0.6 is 11.6 Å². The summed E-state index contributed by atoms with van der Waals surface area (Å²) in [5.41, 5.74) is 2.46. The standard InChI is InChI=1S/C20H21ClN2O2/c1-14-5-2-3-7-18(14)22-19(24)16-6-4-12-23(13-16)20(25)15-8-10-17(21)11-9-15/h2-3,5,7-11,16H,4,6,12-13H2,1H3,(H,22,24)/t16-/m1/s1. The summed E-state index contributed by atoms with van der Waals surface area (Å²) in [5, 5.41) is 3.59. The van der Waals surface area contributed by atoms with E-state index in [4.69, 9.17) is 11.6 Å². The number of anilines is 1. The molecular formula is C20H21ClN2O2. The number of piperidine rings is 1. The first-order chi connectivity index (χ1) is 12.0. The van der Waals surface area contributed by atoms with Gasteiger partial charge in [-0.15, -0.1) is 0 Å². The lowest BCUT2D eigenvalue weighted by Gasteiger charge is -2.32. The van der Waals surface area contributed by atoms with Crippen LogP contribution in [-0.2, 0) is 4.79 Å². The molecule has 1 saturated heterocycles. The Labute approximate surface area is 152 Å². The molecule has 0 spiro atoms. The zero-order chi connectivity index (χ0) is 17.8. The van der Waals surface area contributed by atoms with Crippen LogP contribution in [0.4, 0.5) is 5.69 Å². The number of benzene rings is 2. The Morgan fingerprint density at radius 1 is 1.12 bits per heavy atom. The van der Waals surface area contributed by atoms with Crippen LogP contribution in [0.2, 0.25) is 5.02 Å². The van der Waals surface area contributed by atoms with E-state index in [1.165, 1.54) is 0 Å². The van der Waals surface area contributed by atoms with Crippen LogP contribution in [0.1, 0.15) is 28.8 Å². The van der Waals surface area contributed by atoms with Gasteiger partial charge < -0.3 is 10.2 Å². The Balaban J connectivity index is 1.66. The third-order valence-electron chi connectivity index (χ3n) is 4.57. The number of halogens is 1. The summed E-state index contributed by atoms with van der Waals surface area (Å²) in [7, 11) is 0. The first kappa shape index (κ1) is 17.5. The zero-order valence-electron chi connectivity index (χ0n) is 14.2. The van der Waals surface area contributed by atoms with Crippen molar-refractivity contribution in [2.45, 2.75) is 19.8 Å². The second kappa shape index (κ2) is 7.70. The van der Waals surface area contributed by atoms with Crippen molar-refractivity contribution >= 4 is 29.1 Å². The summed E-state index contributed by atoms with van der Waals surface area (Å²) in [5.74, 6) is -0.266. The number of nitrogens with one attached hydrogen (secondary N) is 1. The summed E-state index contributed by atoms with van der Waals surface area (Å²) in [6.45, 7) is 3.08. The lowest BCUT2D eigenvalue weighted by Crippen LogP contribution is -2.43. The smallest absolute Gasteiger partial charge is 0.253 e. The first-order valence-electron chi connectivity index (χ1n) is 8.46. The van der Waals surface area contributed by atoms with E-state index < -0.39 is 0 Å². The molecule has 1 heterocycles. The van der Waals surface area contributed by atoms with Crippen LogP contribution in [0.25, 0.3) is 0 Å². The van der Waals surface area contributed by atoms with Crippen molar-refractivity contribution in [3.05, 3.63) is 64.7 Å². The molecule has 1 aliphatic rings. The molecule has 130 valence electrons. The Morgan fingerprint density at radius 3 is 2.56 bits per heavy atom. The van der Waals surface area contributed by atoms with Gasteiger partial charge >= 0.3 is 0 Å².